The lowest BCUT2D eigenvalue weighted by Crippen LogP contribution is -2.43. The van der Waals surface area contributed by atoms with Crippen molar-refractivity contribution in [2.75, 3.05) is 27.3 Å². The van der Waals surface area contributed by atoms with Gasteiger partial charge in [-0.2, -0.15) is 0 Å². The number of ether oxygens (including phenoxy) is 3. The van der Waals surface area contributed by atoms with Gasteiger partial charge in [0.05, 0.1) is 29.8 Å². The molecule has 2 N–H and O–H groups in total. The Morgan fingerprint density at radius 2 is 1.81 bits per heavy atom. The molecule has 37 heavy (non-hydrogen) atoms. The van der Waals surface area contributed by atoms with Gasteiger partial charge in [0.15, 0.2) is 0 Å². The molecule has 4 rings (SSSR count). The fraction of sp³-hybridized carbons (Fsp3) is 0.444. The van der Waals surface area contributed by atoms with Crippen molar-refractivity contribution in [3.63, 3.8) is 0 Å². The zero-order chi connectivity index (χ0) is 26.9. The highest BCUT2D eigenvalue weighted by Crippen LogP contribution is 2.46. The van der Waals surface area contributed by atoms with Crippen molar-refractivity contribution >= 4 is 40.2 Å². The molecule has 2 heterocycles. The van der Waals surface area contributed by atoms with Crippen molar-refractivity contribution < 1.29 is 19.0 Å². The number of carbonyl (C=O) groups is 1. The topological polar surface area (TPSA) is 99.8 Å². The van der Waals surface area contributed by atoms with Gasteiger partial charge in [-0.05, 0) is 50.8 Å². The molecule has 8 nitrogen and oxygen atoms in total. The Hall–Kier alpha value is -2.81. The molecule has 0 bridgehead atoms. The minimum Gasteiger partial charge on any atom is -0.495 e. The standard InChI is InChI=1S/C27H32Cl2N4O4/c1-27(2,3)37-26(34)33-14-15(8-18(33)12-30)9-22-31-13-17-10-16(6-7-19(17)32-22)23-24(28)20(35-4)11-21(36-5)25(23)29/h6-7,10-11,13,15,18H,8-9,12,14,30H2,1-5H3/t15-,18+/m1/s1. The van der Waals surface area contributed by atoms with E-state index in [9.17, 15) is 4.79 Å². The Balaban J connectivity index is 1.56. The molecule has 198 valence electrons. The predicted octanol–water partition coefficient (Wildman–Crippen LogP) is 5.75. The molecular formula is C27H32Cl2N4O4. The molecule has 1 fully saturated rings. The number of amides is 1. The average molecular weight is 547 g/mol. The maximum atomic E-state index is 12.7. The van der Waals surface area contributed by atoms with Crippen molar-refractivity contribution in [3.05, 3.63) is 46.3 Å². The van der Waals surface area contributed by atoms with Gasteiger partial charge in [-0.3, -0.25) is 0 Å². The predicted molar refractivity (Wildman–Crippen MR) is 146 cm³/mol. The molecule has 2 atom stereocenters. The second kappa shape index (κ2) is 10.9. The van der Waals surface area contributed by atoms with Crippen LogP contribution in [0.4, 0.5) is 4.79 Å². The van der Waals surface area contributed by atoms with Gasteiger partial charge < -0.3 is 24.8 Å². The molecule has 1 aliphatic rings. The van der Waals surface area contributed by atoms with Crippen LogP contribution in [0.3, 0.4) is 0 Å². The van der Waals surface area contributed by atoms with Crippen LogP contribution in [0, 0.1) is 5.92 Å². The van der Waals surface area contributed by atoms with E-state index < -0.39 is 5.60 Å². The number of carbonyl (C=O) groups excluding carboxylic acids is 1. The fourth-order valence-electron chi connectivity index (χ4n) is 4.65. The smallest absolute Gasteiger partial charge is 0.410 e. The van der Waals surface area contributed by atoms with Crippen LogP contribution in [-0.2, 0) is 11.2 Å². The SMILES string of the molecule is COc1cc(OC)c(Cl)c(-c2ccc3nc(C[C@H]4C[C@@H](CN)N(C(=O)OC(C)(C)C)C4)ncc3c2)c1Cl. The summed E-state index contributed by atoms with van der Waals surface area (Å²) >= 11 is 13.2. The Morgan fingerprint density at radius 3 is 2.41 bits per heavy atom. The molecule has 1 saturated heterocycles. The number of halogens is 2. The second-order valence-corrected chi connectivity index (χ2v) is 10.9. The molecule has 0 radical (unpaired) electrons. The largest absolute Gasteiger partial charge is 0.495 e. The van der Waals surface area contributed by atoms with E-state index in [1.807, 2.05) is 39.0 Å². The zero-order valence-electron chi connectivity index (χ0n) is 21.7. The monoisotopic (exact) mass is 546 g/mol. The number of likely N-dealkylation sites (tertiary alicyclic amines) is 1. The summed E-state index contributed by atoms with van der Waals surface area (Å²) in [5.41, 5.74) is 7.62. The number of fused-ring (bicyclic) bond motifs is 1. The number of hydrogen-bond acceptors (Lipinski definition) is 7. The van der Waals surface area contributed by atoms with Crippen LogP contribution in [0.25, 0.3) is 22.0 Å². The van der Waals surface area contributed by atoms with Gasteiger partial charge in [0.2, 0.25) is 0 Å². The van der Waals surface area contributed by atoms with Crippen molar-refractivity contribution in [2.45, 2.75) is 45.3 Å². The van der Waals surface area contributed by atoms with Crippen LogP contribution in [0.15, 0.2) is 30.5 Å². The number of nitrogens with zero attached hydrogens (tertiary/aromatic N) is 3. The number of nitrogens with two attached hydrogens (primary N) is 1. The number of aromatic nitrogens is 2. The molecule has 0 unspecified atom stereocenters. The third-order valence-electron chi connectivity index (χ3n) is 6.36. The molecule has 1 aromatic heterocycles. The summed E-state index contributed by atoms with van der Waals surface area (Å²) in [5, 5.41) is 1.64. The lowest BCUT2D eigenvalue weighted by Gasteiger charge is -2.28. The summed E-state index contributed by atoms with van der Waals surface area (Å²) in [6, 6.07) is 7.37. The highest BCUT2D eigenvalue weighted by atomic mass is 35.5. The van der Waals surface area contributed by atoms with Gasteiger partial charge in [0.25, 0.3) is 0 Å². The Bertz CT molecular complexity index is 1280. The highest BCUT2D eigenvalue weighted by molar-refractivity contribution is 6.41. The van der Waals surface area contributed by atoms with E-state index >= 15 is 0 Å². The van der Waals surface area contributed by atoms with Crippen LogP contribution < -0.4 is 15.2 Å². The number of hydrogen-bond donors (Lipinski definition) is 1. The molecule has 10 heteroatoms. The molecule has 0 aliphatic carbocycles. The number of methoxy groups -OCH3 is 2. The van der Waals surface area contributed by atoms with Crippen LogP contribution in [0.5, 0.6) is 11.5 Å². The number of benzene rings is 2. The first-order valence-electron chi connectivity index (χ1n) is 12.1. The van der Waals surface area contributed by atoms with Crippen LogP contribution in [-0.4, -0.2) is 59.9 Å². The summed E-state index contributed by atoms with van der Waals surface area (Å²) < 4.78 is 16.4. The molecule has 2 aromatic carbocycles. The summed E-state index contributed by atoms with van der Waals surface area (Å²) in [6.07, 6.45) is 2.88. The van der Waals surface area contributed by atoms with E-state index in [-0.39, 0.29) is 18.1 Å². The van der Waals surface area contributed by atoms with Gasteiger partial charge in [-0.15, -0.1) is 0 Å². The second-order valence-electron chi connectivity index (χ2n) is 10.2. The van der Waals surface area contributed by atoms with E-state index in [1.165, 1.54) is 0 Å². The number of rotatable bonds is 6. The molecular weight excluding hydrogens is 515 g/mol. The van der Waals surface area contributed by atoms with E-state index in [1.54, 1.807) is 31.4 Å². The van der Waals surface area contributed by atoms with Crippen LogP contribution in [0.1, 0.15) is 33.0 Å². The minimum absolute atomic E-state index is 0.0581. The summed E-state index contributed by atoms with van der Waals surface area (Å²) in [4.78, 5) is 23.8. The van der Waals surface area contributed by atoms with Crippen molar-refractivity contribution in [1.29, 1.82) is 0 Å². The van der Waals surface area contributed by atoms with Crippen molar-refractivity contribution in [3.8, 4) is 22.6 Å². The van der Waals surface area contributed by atoms with Gasteiger partial charge in [-0.1, -0.05) is 29.3 Å². The third kappa shape index (κ3) is 5.87. The van der Waals surface area contributed by atoms with E-state index in [0.717, 1.165) is 22.9 Å². The Kier molecular flexibility index (Phi) is 8.02. The van der Waals surface area contributed by atoms with Crippen molar-refractivity contribution in [1.82, 2.24) is 14.9 Å². The Labute approximate surface area is 227 Å². The maximum absolute atomic E-state index is 12.7. The summed E-state index contributed by atoms with van der Waals surface area (Å²) in [6.45, 7) is 6.52. The molecule has 0 spiro atoms. The van der Waals surface area contributed by atoms with E-state index in [0.29, 0.717) is 52.4 Å². The Morgan fingerprint density at radius 1 is 1.14 bits per heavy atom. The van der Waals surface area contributed by atoms with Crippen LogP contribution >= 0.6 is 23.2 Å². The van der Waals surface area contributed by atoms with Crippen LogP contribution in [0.2, 0.25) is 10.0 Å². The summed E-state index contributed by atoms with van der Waals surface area (Å²) in [7, 11) is 3.09. The first-order chi connectivity index (χ1) is 17.5. The van der Waals surface area contributed by atoms with Gasteiger partial charge >= 0.3 is 6.09 Å². The quantitative estimate of drug-likeness (QED) is 0.420. The van der Waals surface area contributed by atoms with E-state index in [4.69, 9.17) is 48.1 Å². The van der Waals surface area contributed by atoms with Gasteiger partial charge in [0.1, 0.15) is 22.9 Å². The first-order valence-corrected chi connectivity index (χ1v) is 12.9. The fourth-order valence-corrected chi connectivity index (χ4v) is 5.37. The molecule has 1 amide bonds. The maximum Gasteiger partial charge on any atom is 0.410 e. The lowest BCUT2D eigenvalue weighted by atomic mass is 10.0. The van der Waals surface area contributed by atoms with Gasteiger partial charge in [-0.25, -0.2) is 14.8 Å². The molecule has 3 aromatic rings. The normalized spacial score (nSPS) is 17.8. The first kappa shape index (κ1) is 27.2. The van der Waals surface area contributed by atoms with Gasteiger partial charge in [0, 0.05) is 48.8 Å². The molecule has 1 aliphatic heterocycles. The average Bonchev–Trinajstić information content (AvgIpc) is 3.26. The summed E-state index contributed by atoms with van der Waals surface area (Å²) in [5.74, 6) is 1.85. The lowest BCUT2D eigenvalue weighted by molar-refractivity contribution is 0.0227. The minimum atomic E-state index is -0.556. The zero-order valence-corrected chi connectivity index (χ0v) is 23.2. The van der Waals surface area contributed by atoms with Crippen molar-refractivity contribution in [2.24, 2.45) is 11.7 Å². The highest BCUT2D eigenvalue weighted by Gasteiger charge is 2.37. The third-order valence-corrected chi connectivity index (χ3v) is 7.11. The molecule has 0 saturated carbocycles. The van der Waals surface area contributed by atoms with E-state index in [2.05, 4.69) is 4.98 Å².